The number of nitrogens with one attached hydrogen (secondary N) is 2. The van der Waals surface area contributed by atoms with Gasteiger partial charge >= 0.3 is 0 Å². The van der Waals surface area contributed by atoms with E-state index in [9.17, 15) is 13.2 Å². The first-order valence-electron chi connectivity index (χ1n) is 8.88. The monoisotopic (exact) mass is 457 g/mol. The lowest BCUT2D eigenvalue weighted by molar-refractivity contribution is 0.102. The second kappa shape index (κ2) is 8.06. The topological polar surface area (TPSA) is 88.2 Å². The molecular weight excluding hydrogens is 442 g/mol. The average molecular weight is 458 g/mol. The van der Waals surface area contributed by atoms with Gasteiger partial charge in [0.05, 0.1) is 20.8 Å². The van der Waals surface area contributed by atoms with Gasteiger partial charge in [0.25, 0.3) is 15.9 Å². The van der Waals surface area contributed by atoms with Gasteiger partial charge in [-0.1, -0.05) is 41.1 Å². The summed E-state index contributed by atoms with van der Waals surface area (Å²) in [5.74, 6) is -0.254. The van der Waals surface area contributed by atoms with Crippen LogP contribution in [0.25, 0.3) is 10.2 Å². The van der Waals surface area contributed by atoms with E-state index in [0.29, 0.717) is 26.9 Å². The number of fused-ring (bicyclic) bond motifs is 1. The summed E-state index contributed by atoms with van der Waals surface area (Å²) in [5, 5.41) is 3.69. The van der Waals surface area contributed by atoms with Crippen molar-refractivity contribution in [3.63, 3.8) is 0 Å². The fraction of sp³-hybridized carbons (Fsp3) is 0.0476. The Morgan fingerprint density at radius 3 is 2.43 bits per heavy atom. The fourth-order valence-corrected chi connectivity index (χ4v) is 5.04. The summed E-state index contributed by atoms with van der Waals surface area (Å²) in [4.78, 5) is 17.0. The summed E-state index contributed by atoms with van der Waals surface area (Å²) in [5.41, 5.74) is 2.44. The van der Waals surface area contributed by atoms with Crippen LogP contribution in [0.2, 0.25) is 5.02 Å². The van der Waals surface area contributed by atoms with E-state index in [1.54, 1.807) is 36.4 Å². The number of thiazole rings is 1. The molecule has 4 aromatic rings. The molecule has 9 heteroatoms. The Morgan fingerprint density at radius 2 is 1.73 bits per heavy atom. The average Bonchev–Trinajstić information content (AvgIpc) is 3.11. The van der Waals surface area contributed by atoms with Gasteiger partial charge in [0.15, 0.2) is 5.13 Å². The lowest BCUT2D eigenvalue weighted by Gasteiger charge is -2.09. The van der Waals surface area contributed by atoms with Crippen LogP contribution in [-0.2, 0) is 10.0 Å². The zero-order valence-electron chi connectivity index (χ0n) is 15.7. The van der Waals surface area contributed by atoms with E-state index >= 15 is 0 Å². The zero-order chi connectivity index (χ0) is 21.3. The smallest absolute Gasteiger partial charge is 0.261 e. The van der Waals surface area contributed by atoms with Crippen LogP contribution in [-0.4, -0.2) is 19.3 Å². The second-order valence-electron chi connectivity index (χ2n) is 6.54. The third-order valence-electron chi connectivity index (χ3n) is 4.32. The number of aryl methyl sites for hydroxylation is 1. The van der Waals surface area contributed by atoms with Crippen LogP contribution < -0.4 is 10.0 Å². The molecule has 0 unspecified atom stereocenters. The minimum absolute atomic E-state index is 0.116. The minimum Gasteiger partial charge on any atom is -0.298 e. The van der Waals surface area contributed by atoms with E-state index in [4.69, 9.17) is 11.6 Å². The molecule has 6 nitrogen and oxygen atoms in total. The largest absolute Gasteiger partial charge is 0.298 e. The van der Waals surface area contributed by atoms with Crippen molar-refractivity contribution in [2.45, 2.75) is 11.8 Å². The normalized spacial score (nSPS) is 11.4. The van der Waals surface area contributed by atoms with Crippen LogP contribution in [0, 0.1) is 6.92 Å². The van der Waals surface area contributed by atoms with Crippen LogP contribution in [0.3, 0.4) is 0 Å². The van der Waals surface area contributed by atoms with Gasteiger partial charge in [-0.3, -0.25) is 14.8 Å². The number of rotatable bonds is 5. The summed E-state index contributed by atoms with van der Waals surface area (Å²) in [7, 11) is -3.76. The molecule has 4 rings (SSSR count). The highest BCUT2D eigenvalue weighted by Crippen LogP contribution is 2.32. The molecule has 0 aliphatic rings. The molecule has 0 radical (unpaired) electrons. The van der Waals surface area contributed by atoms with Gasteiger partial charge < -0.3 is 0 Å². The summed E-state index contributed by atoms with van der Waals surface area (Å²) in [6.45, 7) is 1.84. The zero-order valence-corrected chi connectivity index (χ0v) is 18.1. The Labute approximate surface area is 182 Å². The van der Waals surface area contributed by atoms with Crippen LogP contribution in [0.1, 0.15) is 15.9 Å². The first-order valence-corrected chi connectivity index (χ1v) is 11.6. The second-order valence-corrected chi connectivity index (χ2v) is 9.69. The van der Waals surface area contributed by atoms with Gasteiger partial charge in [-0.25, -0.2) is 13.4 Å². The summed E-state index contributed by atoms with van der Waals surface area (Å²) in [6.07, 6.45) is 0. The molecule has 2 N–H and O–H groups in total. The quantitative estimate of drug-likeness (QED) is 0.425. The van der Waals surface area contributed by atoms with Gasteiger partial charge in [0, 0.05) is 10.6 Å². The highest BCUT2D eigenvalue weighted by atomic mass is 35.5. The Kier molecular flexibility index (Phi) is 5.46. The summed E-state index contributed by atoms with van der Waals surface area (Å²) < 4.78 is 28.6. The number of carbonyl (C=O) groups is 1. The Hall–Kier alpha value is -2.94. The van der Waals surface area contributed by atoms with Crippen molar-refractivity contribution in [3.05, 3.63) is 82.9 Å². The van der Waals surface area contributed by atoms with E-state index in [-0.39, 0.29) is 10.8 Å². The highest BCUT2D eigenvalue weighted by molar-refractivity contribution is 7.92. The molecule has 152 valence electrons. The summed E-state index contributed by atoms with van der Waals surface area (Å²) in [6, 6.07) is 18.2. The number of halogens is 1. The molecule has 0 saturated carbocycles. The maximum Gasteiger partial charge on any atom is 0.261 e. The number of amides is 1. The summed E-state index contributed by atoms with van der Waals surface area (Å²) >= 11 is 7.11. The van der Waals surface area contributed by atoms with Gasteiger partial charge in [0.1, 0.15) is 0 Å². The molecule has 0 aliphatic heterocycles. The molecule has 3 aromatic carbocycles. The number of hydrogen-bond donors (Lipinski definition) is 2. The number of nitrogens with zero attached hydrogens (tertiary/aromatic N) is 1. The van der Waals surface area contributed by atoms with Crippen LogP contribution in [0.5, 0.6) is 0 Å². The minimum atomic E-state index is -3.76. The Balaban J connectivity index is 1.60. The number of aromatic nitrogens is 1. The first kappa shape index (κ1) is 20.3. The maximum atomic E-state index is 12.6. The highest BCUT2D eigenvalue weighted by Gasteiger charge is 2.17. The van der Waals surface area contributed by atoms with Crippen molar-refractivity contribution in [1.82, 2.24) is 4.98 Å². The lowest BCUT2D eigenvalue weighted by atomic mass is 10.2. The van der Waals surface area contributed by atoms with Gasteiger partial charge in [0.2, 0.25) is 0 Å². The third kappa shape index (κ3) is 4.30. The van der Waals surface area contributed by atoms with Crippen molar-refractivity contribution in [3.8, 4) is 0 Å². The maximum absolute atomic E-state index is 12.6. The Morgan fingerprint density at radius 1 is 1.03 bits per heavy atom. The number of hydrogen-bond acceptors (Lipinski definition) is 5. The van der Waals surface area contributed by atoms with Crippen molar-refractivity contribution >= 4 is 59.9 Å². The Bertz CT molecular complexity index is 1340. The van der Waals surface area contributed by atoms with Gasteiger partial charge in [-0.15, -0.1) is 0 Å². The molecule has 1 aromatic heterocycles. The predicted octanol–water partition coefficient (Wildman–Crippen LogP) is 5.31. The van der Waals surface area contributed by atoms with Gasteiger partial charge in [-0.05, 0) is 61.0 Å². The number of sulfonamides is 1. The molecule has 0 saturated heterocycles. The van der Waals surface area contributed by atoms with E-state index < -0.39 is 10.0 Å². The number of anilines is 2. The number of benzene rings is 3. The molecule has 0 fully saturated rings. The molecular formula is C21H16ClN3O3S2. The third-order valence-corrected chi connectivity index (χ3v) is 6.89. The first-order chi connectivity index (χ1) is 14.3. The molecule has 0 atom stereocenters. The SMILES string of the molecule is Cc1cc(NS(=O)(=O)c2ccc(Cl)cc2)cc2sc(NC(=O)c3ccccc3)nc12. The van der Waals surface area contributed by atoms with Crippen LogP contribution >= 0.6 is 22.9 Å². The van der Waals surface area contributed by atoms with Crippen LogP contribution in [0.4, 0.5) is 10.8 Å². The van der Waals surface area contributed by atoms with E-state index in [2.05, 4.69) is 15.0 Å². The van der Waals surface area contributed by atoms with E-state index in [1.165, 1.54) is 35.6 Å². The van der Waals surface area contributed by atoms with E-state index in [0.717, 1.165) is 10.3 Å². The lowest BCUT2D eigenvalue weighted by Crippen LogP contribution is -2.12. The molecule has 1 heterocycles. The molecule has 0 bridgehead atoms. The molecule has 0 spiro atoms. The predicted molar refractivity (Wildman–Crippen MR) is 121 cm³/mol. The van der Waals surface area contributed by atoms with Crippen molar-refractivity contribution in [2.24, 2.45) is 0 Å². The van der Waals surface area contributed by atoms with Gasteiger partial charge in [-0.2, -0.15) is 0 Å². The number of carbonyl (C=O) groups excluding carboxylic acids is 1. The standard InChI is InChI=1S/C21H16ClN3O3S2/c1-13-11-16(25-30(27,28)17-9-7-15(22)8-10-17)12-18-19(13)23-21(29-18)24-20(26)14-5-3-2-4-6-14/h2-12,25H,1H3,(H,23,24,26). The van der Waals surface area contributed by atoms with Crippen LogP contribution in [0.15, 0.2) is 71.6 Å². The van der Waals surface area contributed by atoms with E-state index in [1.807, 2.05) is 13.0 Å². The molecule has 30 heavy (non-hydrogen) atoms. The fourth-order valence-electron chi connectivity index (χ4n) is 2.90. The van der Waals surface area contributed by atoms with Crippen molar-refractivity contribution in [1.29, 1.82) is 0 Å². The molecule has 0 aliphatic carbocycles. The van der Waals surface area contributed by atoms with Crippen molar-refractivity contribution < 1.29 is 13.2 Å². The van der Waals surface area contributed by atoms with Crippen molar-refractivity contribution in [2.75, 3.05) is 10.0 Å². The molecule has 1 amide bonds.